The van der Waals surface area contributed by atoms with Crippen molar-refractivity contribution in [2.75, 3.05) is 6.61 Å². The second kappa shape index (κ2) is 7.76. The molecule has 4 aliphatic carbocycles. The van der Waals surface area contributed by atoms with Crippen LogP contribution in [0.15, 0.2) is 23.8 Å². The maximum atomic E-state index is 13.3. The topological polar surface area (TPSA) is 97.7 Å². The van der Waals surface area contributed by atoms with Crippen LogP contribution in [0.4, 0.5) is 0 Å². The summed E-state index contributed by atoms with van der Waals surface area (Å²) in [4.78, 5) is 50.0. The van der Waals surface area contributed by atoms with E-state index in [0.29, 0.717) is 12.0 Å². The number of alkyl halides is 2. The molecule has 2 unspecified atom stereocenters. The summed E-state index contributed by atoms with van der Waals surface area (Å²) in [5.41, 5.74) is -3.05. The number of aliphatic hydroxyl groups excluding tert-OH is 1. The van der Waals surface area contributed by atoms with Gasteiger partial charge in [0.25, 0.3) is 0 Å². The SMILES string of the molecule is CCC(=O)O[C@]1(C(=O)CO)C(C)C[C@H]2[C@@H]3CC(=O)C4=CC(=O)C=C[C@]4(C)[C@@]3(Cl)C(Cl)C[C@@]21C. The van der Waals surface area contributed by atoms with Crippen molar-refractivity contribution in [3.05, 3.63) is 23.8 Å². The van der Waals surface area contributed by atoms with Crippen LogP contribution in [0.25, 0.3) is 0 Å². The van der Waals surface area contributed by atoms with E-state index in [1.165, 1.54) is 12.2 Å². The molecule has 3 fully saturated rings. The van der Waals surface area contributed by atoms with Gasteiger partial charge in [-0.25, -0.2) is 0 Å². The second-order valence-electron chi connectivity index (χ2n) is 10.5. The van der Waals surface area contributed by atoms with Gasteiger partial charge in [0.2, 0.25) is 5.78 Å². The number of rotatable bonds is 4. The van der Waals surface area contributed by atoms with Gasteiger partial charge >= 0.3 is 5.97 Å². The Morgan fingerprint density at radius 2 is 1.91 bits per heavy atom. The number of aliphatic hydroxyl groups is 1. The number of allylic oxidation sites excluding steroid dienone is 4. The zero-order valence-electron chi connectivity index (χ0n) is 19.3. The van der Waals surface area contributed by atoms with E-state index in [2.05, 4.69) is 0 Å². The van der Waals surface area contributed by atoms with Gasteiger partial charge < -0.3 is 9.84 Å². The van der Waals surface area contributed by atoms with Crippen LogP contribution in [0.2, 0.25) is 0 Å². The minimum Gasteiger partial charge on any atom is -0.450 e. The average Bonchev–Trinajstić information content (AvgIpc) is 2.98. The predicted molar refractivity (Wildman–Crippen MR) is 123 cm³/mol. The van der Waals surface area contributed by atoms with E-state index >= 15 is 0 Å². The molecule has 8 heteroatoms. The number of fused-ring (bicyclic) bond motifs is 5. The molecule has 0 aromatic rings. The molecule has 0 aromatic heterocycles. The number of Topliss-reactive ketones (excluding diaryl/α,β-unsaturated/α-hetero) is 2. The normalized spacial score (nSPS) is 46.2. The molecule has 0 radical (unpaired) electrons. The first kappa shape index (κ1) is 24.6. The van der Waals surface area contributed by atoms with Crippen molar-refractivity contribution in [1.29, 1.82) is 0 Å². The molecule has 1 N–H and O–H groups in total. The van der Waals surface area contributed by atoms with E-state index in [0.717, 1.165) is 0 Å². The van der Waals surface area contributed by atoms with Gasteiger partial charge in [-0.1, -0.05) is 33.8 Å². The summed E-state index contributed by atoms with van der Waals surface area (Å²) >= 11 is 14.5. The largest absolute Gasteiger partial charge is 0.450 e. The van der Waals surface area contributed by atoms with Gasteiger partial charge in [0.1, 0.15) is 6.61 Å². The third-order valence-electron chi connectivity index (χ3n) is 9.10. The van der Waals surface area contributed by atoms with Crippen LogP contribution in [0.1, 0.15) is 53.4 Å². The smallest absolute Gasteiger partial charge is 0.306 e. The van der Waals surface area contributed by atoms with Crippen molar-refractivity contribution in [3.8, 4) is 0 Å². The molecule has 3 saturated carbocycles. The summed E-state index contributed by atoms with van der Waals surface area (Å²) in [5.74, 6) is -2.55. The van der Waals surface area contributed by atoms with Crippen LogP contribution in [0, 0.1) is 28.6 Å². The number of ether oxygens (including phenoxy) is 1. The lowest BCUT2D eigenvalue weighted by atomic mass is 9.46. The van der Waals surface area contributed by atoms with Gasteiger partial charge in [-0.3, -0.25) is 19.2 Å². The maximum absolute atomic E-state index is 13.3. The number of carbonyl (C=O) groups excluding carboxylic acids is 4. The van der Waals surface area contributed by atoms with Crippen molar-refractivity contribution in [2.24, 2.45) is 28.6 Å². The number of hydrogen-bond acceptors (Lipinski definition) is 6. The molecule has 33 heavy (non-hydrogen) atoms. The molecule has 4 rings (SSSR count). The number of hydrogen-bond donors (Lipinski definition) is 1. The number of esters is 1. The summed E-state index contributed by atoms with van der Waals surface area (Å²) in [7, 11) is 0. The van der Waals surface area contributed by atoms with Crippen molar-refractivity contribution < 1.29 is 29.0 Å². The quantitative estimate of drug-likeness (QED) is 0.471. The molecule has 0 bridgehead atoms. The molecule has 0 amide bonds. The summed E-state index contributed by atoms with van der Waals surface area (Å²) in [6.07, 6.45) is 5.41. The highest BCUT2D eigenvalue weighted by Crippen LogP contribution is 2.72. The standard InChI is InChI=1S/C25H30Cl2O6/c1-5-21(32)33-25(20(31)12-28)13(2)8-15-16-10-18(30)17-9-14(29)6-7-22(17,3)24(16,27)19(26)11-23(15,25)4/h6-7,9,13,15-16,19,28H,5,8,10-12H2,1-4H3/t13?,15-,16-,19?,22-,23-,24-,25-/m0/s1. The summed E-state index contributed by atoms with van der Waals surface area (Å²) < 4.78 is 5.91. The zero-order chi connectivity index (χ0) is 24.6. The summed E-state index contributed by atoms with van der Waals surface area (Å²) in [6, 6.07) is 0. The van der Waals surface area contributed by atoms with Crippen LogP contribution < -0.4 is 0 Å². The Hall–Kier alpha value is -1.50. The average molecular weight is 497 g/mol. The Kier molecular flexibility index (Phi) is 5.79. The molecule has 8 atom stereocenters. The zero-order valence-corrected chi connectivity index (χ0v) is 20.8. The van der Waals surface area contributed by atoms with Gasteiger partial charge in [0.05, 0.1) is 10.3 Å². The van der Waals surface area contributed by atoms with Gasteiger partial charge in [-0.2, -0.15) is 0 Å². The molecule has 0 spiro atoms. The first-order valence-electron chi connectivity index (χ1n) is 11.5. The van der Waals surface area contributed by atoms with Gasteiger partial charge in [-0.05, 0) is 36.8 Å². The van der Waals surface area contributed by atoms with E-state index in [9.17, 15) is 24.3 Å². The van der Waals surface area contributed by atoms with Crippen LogP contribution in [0.3, 0.4) is 0 Å². The van der Waals surface area contributed by atoms with Gasteiger partial charge in [0.15, 0.2) is 17.2 Å². The van der Waals surface area contributed by atoms with Crippen LogP contribution in [-0.4, -0.2) is 50.9 Å². The van der Waals surface area contributed by atoms with Crippen LogP contribution in [0.5, 0.6) is 0 Å². The third-order valence-corrected chi connectivity index (χ3v) is 10.6. The molecule has 0 aromatic carbocycles. The summed E-state index contributed by atoms with van der Waals surface area (Å²) in [5, 5.41) is 9.18. The fraction of sp³-hybridized carbons (Fsp3) is 0.680. The fourth-order valence-electron chi connectivity index (χ4n) is 7.53. The van der Waals surface area contributed by atoms with E-state index in [1.807, 2.05) is 20.8 Å². The lowest BCUT2D eigenvalue weighted by Crippen LogP contribution is -2.69. The Morgan fingerprint density at radius 1 is 1.24 bits per heavy atom. The fourth-order valence-corrected chi connectivity index (χ4v) is 8.71. The van der Waals surface area contributed by atoms with Gasteiger partial charge in [0, 0.05) is 35.2 Å². The number of carbonyl (C=O) groups is 4. The highest BCUT2D eigenvalue weighted by atomic mass is 35.5. The maximum Gasteiger partial charge on any atom is 0.306 e. The number of ketones is 3. The Morgan fingerprint density at radius 3 is 2.52 bits per heavy atom. The molecular formula is C25H30Cl2O6. The highest BCUT2D eigenvalue weighted by Gasteiger charge is 2.76. The monoisotopic (exact) mass is 496 g/mol. The highest BCUT2D eigenvalue weighted by molar-refractivity contribution is 6.35. The minimum atomic E-state index is -1.55. The lowest BCUT2D eigenvalue weighted by Gasteiger charge is -2.63. The number of halogens is 2. The molecule has 0 saturated heterocycles. The molecule has 4 aliphatic rings. The van der Waals surface area contributed by atoms with Crippen LogP contribution >= 0.6 is 23.2 Å². The molecule has 6 nitrogen and oxygen atoms in total. The Labute approximate surface area is 203 Å². The van der Waals surface area contributed by atoms with Crippen LogP contribution in [-0.2, 0) is 23.9 Å². The molecular weight excluding hydrogens is 467 g/mol. The first-order valence-corrected chi connectivity index (χ1v) is 12.3. The Bertz CT molecular complexity index is 1000. The minimum absolute atomic E-state index is 0.0879. The van der Waals surface area contributed by atoms with Crippen molar-refractivity contribution in [3.63, 3.8) is 0 Å². The van der Waals surface area contributed by atoms with Crippen molar-refractivity contribution in [2.45, 2.75) is 69.2 Å². The molecule has 0 aliphatic heterocycles. The van der Waals surface area contributed by atoms with E-state index < -0.39 is 56.9 Å². The second-order valence-corrected chi connectivity index (χ2v) is 11.6. The molecule has 0 heterocycles. The van der Waals surface area contributed by atoms with E-state index in [4.69, 9.17) is 27.9 Å². The van der Waals surface area contributed by atoms with E-state index in [1.54, 1.807) is 13.0 Å². The van der Waals surface area contributed by atoms with Gasteiger partial charge in [-0.15, -0.1) is 23.2 Å². The lowest BCUT2D eigenvalue weighted by molar-refractivity contribution is -0.195. The van der Waals surface area contributed by atoms with Crippen molar-refractivity contribution in [1.82, 2.24) is 0 Å². The predicted octanol–water partition coefficient (Wildman–Crippen LogP) is 3.55. The third kappa shape index (κ3) is 2.90. The molecule has 180 valence electrons. The Balaban J connectivity index is 1.89. The summed E-state index contributed by atoms with van der Waals surface area (Å²) in [6.45, 7) is 6.46. The first-order chi connectivity index (χ1) is 15.3. The van der Waals surface area contributed by atoms with E-state index in [-0.39, 0.29) is 36.7 Å². The van der Waals surface area contributed by atoms with Crippen molar-refractivity contribution >= 4 is 46.5 Å².